The summed E-state index contributed by atoms with van der Waals surface area (Å²) < 4.78 is 12.8. The van der Waals surface area contributed by atoms with E-state index in [1.807, 2.05) is 24.3 Å². The number of hydrogen-bond donors (Lipinski definition) is 1. The molecule has 152 valence electrons. The summed E-state index contributed by atoms with van der Waals surface area (Å²) in [6, 6.07) is 13.3. The van der Waals surface area contributed by atoms with Crippen LogP contribution < -0.4 is 14.8 Å². The number of carbonyl (C=O) groups excluding carboxylic acids is 1. The van der Waals surface area contributed by atoms with Crippen molar-refractivity contribution in [3.8, 4) is 11.5 Å². The van der Waals surface area contributed by atoms with Crippen LogP contribution in [0.15, 0.2) is 55.1 Å². The first-order chi connectivity index (χ1) is 14.2. The SMILES string of the molecule is CCCCOc1ccc(C(=O)NCc2ccc(Cn3cncn3)cc2)cc1OC. The van der Waals surface area contributed by atoms with Crippen LogP contribution in [0.1, 0.15) is 41.3 Å². The highest BCUT2D eigenvalue weighted by Gasteiger charge is 2.11. The third kappa shape index (κ3) is 5.81. The van der Waals surface area contributed by atoms with E-state index >= 15 is 0 Å². The van der Waals surface area contributed by atoms with Crippen molar-refractivity contribution in [1.29, 1.82) is 0 Å². The van der Waals surface area contributed by atoms with Crippen molar-refractivity contribution in [2.75, 3.05) is 13.7 Å². The lowest BCUT2D eigenvalue weighted by atomic mass is 10.1. The Balaban J connectivity index is 1.55. The van der Waals surface area contributed by atoms with Gasteiger partial charge in [-0.15, -0.1) is 0 Å². The maximum absolute atomic E-state index is 12.5. The maximum Gasteiger partial charge on any atom is 0.251 e. The van der Waals surface area contributed by atoms with Gasteiger partial charge in [0.05, 0.1) is 20.3 Å². The van der Waals surface area contributed by atoms with E-state index in [1.54, 1.807) is 36.3 Å². The molecule has 0 unspecified atom stereocenters. The molecule has 1 N–H and O–H groups in total. The minimum Gasteiger partial charge on any atom is -0.493 e. The number of carbonyl (C=O) groups is 1. The van der Waals surface area contributed by atoms with Crippen LogP contribution in [-0.2, 0) is 13.1 Å². The van der Waals surface area contributed by atoms with Crippen molar-refractivity contribution < 1.29 is 14.3 Å². The number of nitrogens with one attached hydrogen (secondary N) is 1. The van der Waals surface area contributed by atoms with Crippen molar-refractivity contribution in [3.05, 3.63) is 71.8 Å². The summed E-state index contributed by atoms with van der Waals surface area (Å²) in [6.45, 7) is 3.85. The molecule has 1 amide bonds. The Morgan fingerprint density at radius 2 is 1.90 bits per heavy atom. The van der Waals surface area contributed by atoms with Gasteiger partial charge in [0, 0.05) is 12.1 Å². The van der Waals surface area contributed by atoms with Crippen LogP contribution in [0.3, 0.4) is 0 Å². The quantitative estimate of drug-likeness (QED) is 0.533. The first-order valence-electron chi connectivity index (χ1n) is 9.69. The minimum absolute atomic E-state index is 0.157. The number of ether oxygens (including phenoxy) is 2. The molecule has 0 saturated carbocycles. The predicted molar refractivity (Wildman–Crippen MR) is 110 cm³/mol. The van der Waals surface area contributed by atoms with Crippen molar-refractivity contribution in [2.45, 2.75) is 32.9 Å². The molecular formula is C22H26N4O3. The van der Waals surface area contributed by atoms with Gasteiger partial charge in [0.15, 0.2) is 11.5 Å². The van der Waals surface area contributed by atoms with E-state index in [2.05, 4.69) is 22.3 Å². The molecule has 0 atom stereocenters. The summed E-state index contributed by atoms with van der Waals surface area (Å²) in [7, 11) is 1.57. The molecule has 0 aliphatic carbocycles. The fraction of sp³-hybridized carbons (Fsp3) is 0.318. The second-order valence-corrected chi connectivity index (χ2v) is 6.66. The maximum atomic E-state index is 12.5. The Bertz CT molecular complexity index is 908. The van der Waals surface area contributed by atoms with Crippen LogP contribution in [0.5, 0.6) is 11.5 Å². The monoisotopic (exact) mass is 394 g/mol. The van der Waals surface area contributed by atoms with E-state index < -0.39 is 0 Å². The molecule has 3 rings (SSSR count). The van der Waals surface area contributed by atoms with Gasteiger partial charge in [-0.05, 0) is 35.7 Å². The van der Waals surface area contributed by atoms with Gasteiger partial charge in [0.2, 0.25) is 0 Å². The van der Waals surface area contributed by atoms with Crippen molar-refractivity contribution >= 4 is 5.91 Å². The van der Waals surface area contributed by atoms with Gasteiger partial charge in [0.25, 0.3) is 5.91 Å². The highest BCUT2D eigenvalue weighted by Crippen LogP contribution is 2.28. The number of methoxy groups -OCH3 is 1. The second kappa shape index (κ2) is 10.3. The molecule has 0 aliphatic rings. The van der Waals surface area contributed by atoms with Crippen LogP contribution in [0.4, 0.5) is 0 Å². The van der Waals surface area contributed by atoms with Gasteiger partial charge in [-0.2, -0.15) is 5.10 Å². The summed E-state index contributed by atoms with van der Waals surface area (Å²) in [5.74, 6) is 1.06. The summed E-state index contributed by atoms with van der Waals surface area (Å²) >= 11 is 0. The van der Waals surface area contributed by atoms with Crippen molar-refractivity contribution in [3.63, 3.8) is 0 Å². The molecule has 1 aromatic heterocycles. The zero-order valence-corrected chi connectivity index (χ0v) is 16.8. The number of unbranched alkanes of at least 4 members (excludes halogenated alkanes) is 1. The average Bonchev–Trinajstić information content (AvgIpc) is 3.26. The van der Waals surface area contributed by atoms with E-state index in [-0.39, 0.29) is 5.91 Å². The Hall–Kier alpha value is -3.35. The molecule has 29 heavy (non-hydrogen) atoms. The topological polar surface area (TPSA) is 78.3 Å². The first kappa shape index (κ1) is 20.4. The lowest BCUT2D eigenvalue weighted by Gasteiger charge is -2.12. The molecule has 0 bridgehead atoms. The molecule has 0 fully saturated rings. The number of nitrogens with zero attached hydrogens (tertiary/aromatic N) is 3. The van der Waals surface area contributed by atoms with E-state index in [4.69, 9.17) is 9.47 Å². The van der Waals surface area contributed by atoms with E-state index in [0.717, 1.165) is 24.0 Å². The van der Waals surface area contributed by atoms with Crippen LogP contribution >= 0.6 is 0 Å². The largest absolute Gasteiger partial charge is 0.493 e. The molecule has 0 aliphatic heterocycles. The number of hydrogen-bond acceptors (Lipinski definition) is 5. The van der Waals surface area contributed by atoms with E-state index in [1.165, 1.54) is 6.33 Å². The zero-order valence-electron chi connectivity index (χ0n) is 16.8. The Morgan fingerprint density at radius 1 is 1.10 bits per heavy atom. The lowest BCUT2D eigenvalue weighted by molar-refractivity contribution is 0.0950. The average molecular weight is 394 g/mol. The van der Waals surface area contributed by atoms with Gasteiger partial charge in [0.1, 0.15) is 12.7 Å². The molecule has 2 aromatic carbocycles. The summed E-state index contributed by atoms with van der Waals surface area (Å²) in [5.41, 5.74) is 2.67. The van der Waals surface area contributed by atoms with E-state index in [9.17, 15) is 4.79 Å². The van der Waals surface area contributed by atoms with Gasteiger partial charge >= 0.3 is 0 Å². The zero-order chi connectivity index (χ0) is 20.5. The molecule has 3 aromatic rings. The number of benzene rings is 2. The minimum atomic E-state index is -0.157. The molecule has 0 radical (unpaired) electrons. The Morgan fingerprint density at radius 3 is 2.59 bits per heavy atom. The fourth-order valence-electron chi connectivity index (χ4n) is 2.80. The van der Waals surface area contributed by atoms with Crippen LogP contribution in [-0.4, -0.2) is 34.4 Å². The normalized spacial score (nSPS) is 10.6. The third-order valence-electron chi connectivity index (χ3n) is 4.47. The van der Waals surface area contributed by atoms with Crippen LogP contribution in [0, 0.1) is 0 Å². The standard InChI is InChI=1S/C22H26N4O3/c1-3-4-11-29-20-10-9-19(12-21(20)28-2)22(27)24-13-17-5-7-18(8-6-17)14-26-16-23-15-25-26/h5-10,12,15-16H,3-4,11,13-14H2,1-2H3,(H,24,27). The van der Waals surface area contributed by atoms with Crippen molar-refractivity contribution in [2.24, 2.45) is 0 Å². The Kier molecular flexibility index (Phi) is 7.22. The van der Waals surface area contributed by atoms with Gasteiger partial charge in [-0.1, -0.05) is 37.6 Å². The van der Waals surface area contributed by atoms with Crippen molar-refractivity contribution in [1.82, 2.24) is 20.1 Å². The highest BCUT2D eigenvalue weighted by molar-refractivity contribution is 5.94. The van der Waals surface area contributed by atoms with Crippen LogP contribution in [0.2, 0.25) is 0 Å². The number of rotatable bonds is 10. The molecule has 7 nitrogen and oxygen atoms in total. The fourth-order valence-corrected chi connectivity index (χ4v) is 2.80. The third-order valence-corrected chi connectivity index (χ3v) is 4.47. The Labute approximate surface area is 170 Å². The summed E-state index contributed by atoms with van der Waals surface area (Å²) in [4.78, 5) is 16.4. The summed E-state index contributed by atoms with van der Waals surface area (Å²) in [6.07, 6.45) is 5.23. The smallest absolute Gasteiger partial charge is 0.251 e. The molecular weight excluding hydrogens is 368 g/mol. The highest BCUT2D eigenvalue weighted by atomic mass is 16.5. The van der Waals surface area contributed by atoms with Crippen LogP contribution in [0.25, 0.3) is 0 Å². The van der Waals surface area contributed by atoms with Gasteiger partial charge < -0.3 is 14.8 Å². The van der Waals surface area contributed by atoms with Gasteiger partial charge in [-0.25, -0.2) is 9.67 Å². The molecule has 0 saturated heterocycles. The second-order valence-electron chi connectivity index (χ2n) is 6.66. The lowest BCUT2D eigenvalue weighted by Crippen LogP contribution is -2.22. The van der Waals surface area contributed by atoms with Gasteiger partial charge in [-0.3, -0.25) is 4.79 Å². The van der Waals surface area contributed by atoms with E-state index in [0.29, 0.717) is 36.8 Å². The number of aromatic nitrogens is 3. The first-order valence-corrected chi connectivity index (χ1v) is 9.69. The predicted octanol–water partition coefficient (Wildman–Crippen LogP) is 3.44. The molecule has 1 heterocycles. The number of amides is 1. The molecule has 7 heteroatoms. The summed E-state index contributed by atoms with van der Waals surface area (Å²) in [5, 5.41) is 7.04. The molecule has 0 spiro atoms.